The second-order valence-corrected chi connectivity index (χ2v) is 4.12. The molecule has 2 rings (SSSR count). The molecule has 0 saturated heterocycles. The van der Waals surface area contributed by atoms with Crippen molar-refractivity contribution in [2.24, 2.45) is 7.05 Å². The van der Waals surface area contributed by atoms with Gasteiger partial charge >= 0.3 is 0 Å². The lowest BCUT2D eigenvalue weighted by Crippen LogP contribution is -2.21. The van der Waals surface area contributed by atoms with Gasteiger partial charge in [0.05, 0.1) is 23.6 Å². The van der Waals surface area contributed by atoms with E-state index < -0.39 is 0 Å². The molecule has 0 saturated carbocycles. The molecule has 0 bridgehead atoms. The lowest BCUT2D eigenvalue weighted by Gasteiger charge is -2.19. The number of aromatic nitrogens is 3. The summed E-state index contributed by atoms with van der Waals surface area (Å²) < 4.78 is 1.80. The zero-order valence-corrected chi connectivity index (χ0v) is 10.4. The smallest absolute Gasteiger partial charge is 0.150 e. The Kier molecular flexibility index (Phi) is 2.99. The first-order valence-electron chi connectivity index (χ1n) is 5.49. The molecule has 0 amide bonds. The van der Waals surface area contributed by atoms with Crippen LogP contribution in [0.3, 0.4) is 0 Å². The molecule has 2 heterocycles. The second-order valence-electron chi connectivity index (χ2n) is 4.12. The third kappa shape index (κ3) is 2.22. The zero-order chi connectivity index (χ0) is 12.4. The van der Waals surface area contributed by atoms with Gasteiger partial charge in [-0.05, 0) is 19.1 Å². The molecule has 0 unspecified atom stereocenters. The minimum atomic E-state index is 0.712. The average molecular weight is 231 g/mol. The van der Waals surface area contributed by atoms with E-state index in [1.54, 1.807) is 10.9 Å². The average Bonchev–Trinajstić information content (AvgIpc) is 2.54. The molecule has 5 nitrogen and oxygen atoms in total. The number of nitrogen functional groups attached to an aromatic ring is 1. The highest BCUT2D eigenvalue weighted by atomic mass is 15.4. The molecule has 5 heteroatoms. The normalized spacial score (nSPS) is 10.5. The van der Waals surface area contributed by atoms with Crippen molar-refractivity contribution in [1.29, 1.82) is 0 Å². The van der Waals surface area contributed by atoms with Crippen molar-refractivity contribution in [1.82, 2.24) is 14.8 Å². The van der Waals surface area contributed by atoms with Gasteiger partial charge in [-0.1, -0.05) is 6.07 Å². The van der Waals surface area contributed by atoms with Crippen molar-refractivity contribution in [2.75, 3.05) is 17.7 Å². The highest BCUT2D eigenvalue weighted by Gasteiger charge is 2.14. The molecule has 0 radical (unpaired) electrons. The van der Waals surface area contributed by atoms with Crippen LogP contribution in [0, 0.1) is 6.92 Å². The van der Waals surface area contributed by atoms with Crippen LogP contribution < -0.4 is 10.6 Å². The van der Waals surface area contributed by atoms with Gasteiger partial charge in [0.2, 0.25) is 0 Å². The van der Waals surface area contributed by atoms with Gasteiger partial charge in [0, 0.05) is 20.3 Å². The Hall–Kier alpha value is -2.04. The van der Waals surface area contributed by atoms with Crippen LogP contribution in [0.2, 0.25) is 0 Å². The van der Waals surface area contributed by atoms with Crippen molar-refractivity contribution < 1.29 is 0 Å². The number of hydrogen-bond acceptors (Lipinski definition) is 4. The topological polar surface area (TPSA) is 60.0 Å². The van der Waals surface area contributed by atoms with E-state index in [2.05, 4.69) is 15.0 Å². The minimum absolute atomic E-state index is 0.712. The first-order chi connectivity index (χ1) is 8.09. The third-order valence-corrected chi connectivity index (χ3v) is 2.72. The van der Waals surface area contributed by atoms with Gasteiger partial charge in [-0.25, -0.2) is 0 Å². The number of anilines is 2. The van der Waals surface area contributed by atoms with Crippen molar-refractivity contribution in [3.8, 4) is 0 Å². The summed E-state index contributed by atoms with van der Waals surface area (Å²) >= 11 is 0. The molecule has 0 aliphatic rings. The first-order valence-corrected chi connectivity index (χ1v) is 5.49. The summed E-state index contributed by atoms with van der Waals surface area (Å²) in [5.74, 6) is 0.924. The maximum atomic E-state index is 6.01. The highest BCUT2D eigenvalue weighted by molar-refractivity contribution is 5.65. The molecule has 2 N–H and O–H groups in total. The standard InChI is InChI=1S/C12H17N5/c1-9-11(13)12(17(3)15-9)16(2)8-10-6-4-5-7-14-10/h4-7H,8,13H2,1-3H3. The third-order valence-electron chi connectivity index (χ3n) is 2.72. The number of pyridine rings is 1. The van der Waals surface area contributed by atoms with Crippen LogP contribution in [-0.2, 0) is 13.6 Å². The molecule has 90 valence electrons. The maximum absolute atomic E-state index is 6.01. The fraction of sp³-hybridized carbons (Fsp3) is 0.333. The predicted octanol–water partition coefficient (Wildman–Crippen LogP) is 1.34. The summed E-state index contributed by atoms with van der Waals surface area (Å²) in [6, 6.07) is 5.88. The second kappa shape index (κ2) is 4.45. The number of nitrogens with two attached hydrogens (primary N) is 1. The monoisotopic (exact) mass is 231 g/mol. The Morgan fingerprint density at radius 1 is 1.41 bits per heavy atom. The summed E-state index contributed by atoms with van der Waals surface area (Å²) in [5.41, 5.74) is 8.60. The fourth-order valence-electron chi connectivity index (χ4n) is 1.92. The Balaban J connectivity index is 2.23. The minimum Gasteiger partial charge on any atom is -0.394 e. The lowest BCUT2D eigenvalue weighted by atomic mass is 10.3. The van der Waals surface area contributed by atoms with Crippen molar-refractivity contribution >= 4 is 11.5 Å². The van der Waals surface area contributed by atoms with E-state index in [4.69, 9.17) is 5.73 Å². The number of rotatable bonds is 3. The van der Waals surface area contributed by atoms with Gasteiger partial charge in [0.1, 0.15) is 5.82 Å². The maximum Gasteiger partial charge on any atom is 0.150 e. The van der Waals surface area contributed by atoms with Crippen LogP contribution >= 0.6 is 0 Å². The Morgan fingerprint density at radius 3 is 2.71 bits per heavy atom. The summed E-state index contributed by atoms with van der Waals surface area (Å²) in [7, 11) is 3.88. The van der Waals surface area contributed by atoms with E-state index in [0.717, 1.165) is 22.9 Å². The van der Waals surface area contributed by atoms with Crippen LogP contribution in [-0.4, -0.2) is 21.8 Å². The quantitative estimate of drug-likeness (QED) is 0.866. The van der Waals surface area contributed by atoms with Crippen molar-refractivity contribution in [3.63, 3.8) is 0 Å². The van der Waals surface area contributed by atoms with E-state index in [1.807, 2.05) is 39.2 Å². The summed E-state index contributed by atoms with van der Waals surface area (Å²) in [6.45, 7) is 2.62. The van der Waals surface area contributed by atoms with Crippen LogP contribution in [0.15, 0.2) is 24.4 Å². The van der Waals surface area contributed by atoms with E-state index in [1.165, 1.54) is 0 Å². The number of hydrogen-bond donors (Lipinski definition) is 1. The van der Waals surface area contributed by atoms with Crippen molar-refractivity contribution in [3.05, 3.63) is 35.8 Å². The largest absolute Gasteiger partial charge is 0.394 e. The molecule has 17 heavy (non-hydrogen) atoms. The summed E-state index contributed by atoms with van der Waals surface area (Å²) in [4.78, 5) is 6.35. The SMILES string of the molecule is Cc1nn(C)c(N(C)Cc2ccccn2)c1N. The molecule has 0 atom stereocenters. The lowest BCUT2D eigenvalue weighted by molar-refractivity contribution is 0.723. The van der Waals surface area contributed by atoms with Crippen LogP contribution in [0.25, 0.3) is 0 Å². The van der Waals surface area contributed by atoms with E-state index in [0.29, 0.717) is 6.54 Å². The number of nitrogens with zero attached hydrogens (tertiary/aromatic N) is 4. The van der Waals surface area contributed by atoms with E-state index in [-0.39, 0.29) is 0 Å². The van der Waals surface area contributed by atoms with Gasteiger partial charge in [0.15, 0.2) is 0 Å². The van der Waals surface area contributed by atoms with Crippen molar-refractivity contribution in [2.45, 2.75) is 13.5 Å². The number of aryl methyl sites for hydroxylation is 2. The molecule has 0 aliphatic heterocycles. The Morgan fingerprint density at radius 2 is 2.18 bits per heavy atom. The van der Waals surface area contributed by atoms with E-state index >= 15 is 0 Å². The van der Waals surface area contributed by atoms with E-state index in [9.17, 15) is 0 Å². The first kappa shape index (κ1) is 11.4. The van der Waals surface area contributed by atoms with Crippen LogP contribution in [0.1, 0.15) is 11.4 Å². The fourth-order valence-corrected chi connectivity index (χ4v) is 1.92. The molecular formula is C12H17N5. The van der Waals surface area contributed by atoms with Crippen LogP contribution in [0.5, 0.6) is 0 Å². The molecular weight excluding hydrogens is 214 g/mol. The van der Waals surface area contributed by atoms with Gasteiger partial charge in [-0.2, -0.15) is 5.10 Å². The van der Waals surface area contributed by atoms with Gasteiger partial charge in [-0.3, -0.25) is 9.67 Å². The van der Waals surface area contributed by atoms with Crippen LogP contribution in [0.4, 0.5) is 11.5 Å². The molecule has 0 aromatic carbocycles. The highest BCUT2D eigenvalue weighted by Crippen LogP contribution is 2.25. The van der Waals surface area contributed by atoms with Gasteiger partial charge < -0.3 is 10.6 Å². The molecule has 2 aromatic heterocycles. The Bertz CT molecular complexity index is 503. The summed E-state index contributed by atoms with van der Waals surface area (Å²) in [6.07, 6.45) is 1.79. The Labute approximate surface area is 101 Å². The molecule has 2 aromatic rings. The predicted molar refractivity (Wildman–Crippen MR) is 68.7 cm³/mol. The van der Waals surface area contributed by atoms with Gasteiger partial charge in [-0.15, -0.1) is 0 Å². The van der Waals surface area contributed by atoms with Gasteiger partial charge in [0.25, 0.3) is 0 Å². The summed E-state index contributed by atoms with van der Waals surface area (Å²) in [5, 5.41) is 4.30. The molecule has 0 fully saturated rings. The molecule has 0 spiro atoms. The molecule has 0 aliphatic carbocycles. The zero-order valence-electron chi connectivity index (χ0n) is 10.4.